The zero-order valence-corrected chi connectivity index (χ0v) is 21.5. The number of alkyl halides is 3. The molecule has 0 bridgehead atoms. The van der Waals surface area contributed by atoms with E-state index in [0.29, 0.717) is 11.7 Å². The number of thioether (sulfide) groups is 2. The highest BCUT2D eigenvalue weighted by Crippen LogP contribution is 2.44. The number of hydrogen-bond donors (Lipinski definition) is 2. The van der Waals surface area contributed by atoms with Crippen LogP contribution in [0.3, 0.4) is 0 Å². The van der Waals surface area contributed by atoms with Crippen LogP contribution in [-0.2, 0) is 20.9 Å². The van der Waals surface area contributed by atoms with Crippen molar-refractivity contribution in [2.75, 3.05) is 45.3 Å². The Kier molecular flexibility index (Phi) is 8.49. The predicted molar refractivity (Wildman–Crippen MR) is 124 cm³/mol. The third-order valence-electron chi connectivity index (χ3n) is 4.97. The standard InChI is InChI=1S/C16H22Cl3N7O5S2/c1-24(2)3-4-26-13(21-22-23-26)33-8-15(12(28)29)5-25-10(27)9(11(25)32-7-15)20-14(30)31-6-16(17,18)19/h9,11H,3-8H2,1-2H3,(H,20,30)(H,28,29)/t9?,11-,15?/m1/s1. The number of nitrogens with zero attached hydrogens (tertiary/aromatic N) is 6. The van der Waals surface area contributed by atoms with Crippen molar-refractivity contribution in [1.82, 2.24) is 35.3 Å². The van der Waals surface area contributed by atoms with Crippen LogP contribution in [0.2, 0.25) is 0 Å². The van der Waals surface area contributed by atoms with E-state index < -0.39 is 45.2 Å². The minimum atomic E-state index is -1.77. The molecule has 2 aliphatic rings. The van der Waals surface area contributed by atoms with Crippen molar-refractivity contribution in [1.29, 1.82) is 0 Å². The summed E-state index contributed by atoms with van der Waals surface area (Å²) in [5.41, 5.74) is -1.19. The number of nitrogens with one attached hydrogen (secondary N) is 1. The van der Waals surface area contributed by atoms with Gasteiger partial charge in [-0.15, -0.1) is 16.9 Å². The molecule has 2 unspecified atom stereocenters. The van der Waals surface area contributed by atoms with Crippen molar-refractivity contribution in [3.05, 3.63) is 0 Å². The number of amides is 2. The fraction of sp³-hybridized carbons (Fsp3) is 0.750. The molecule has 17 heteroatoms. The number of rotatable bonds is 9. The van der Waals surface area contributed by atoms with E-state index in [2.05, 4.69) is 20.8 Å². The van der Waals surface area contributed by atoms with Crippen molar-refractivity contribution < 1.29 is 24.2 Å². The molecular formula is C16H22Cl3N7O5S2. The molecule has 0 aromatic carbocycles. The molecule has 2 saturated heterocycles. The van der Waals surface area contributed by atoms with Crippen LogP contribution in [0.4, 0.5) is 4.79 Å². The number of aliphatic carboxylic acids is 1. The third-order valence-corrected chi connectivity index (χ3v) is 8.14. The predicted octanol–water partition coefficient (Wildman–Crippen LogP) is 0.778. The average Bonchev–Trinajstić information content (AvgIpc) is 3.19. The van der Waals surface area contributed by atoms with Gasteiger partial charge in [-0.2, -0.15) is 0 Å². The molecule has 3 atom stereocenters. The molecule has 12 nitrogen and oxygen atoms in total. The van der Waals surface area contributed by atoms with E-state index in [1.165, 1.54) is 28.4 Å². The fourth-order valence-electron chi connectivity index (χ4n) is 3.16. The Morgan fingerprint density at radius 1 is 1.42 bits per heavy atom. The molecule has 1 aromatic rings. The van der Waals surface area contributed by atoms with Gasteiger partial charge in [0.25, 0.3) is 0 Å². The Morgan fingerprint density at radius 2 is 2.15 bits per heavy atom. The van der Waals surface area contributed by atoms with Gasteiger partial charge in [0.05, 0.1) is 6.54 Å². The van der Waals surface area contributed by atoms with Crippen LogP contribution in [0.25, 0.3) is 0 Å². The lowest BCUT2D eigenvalue weighted by molar-refractivity contribution is -0.156. The second-order valence-corrected chi connectivity index (χ2v) is 12.4. The van der Waals surface area contributed by atoms with E-state index in [1.54, 1.807) is 4.68 Å². The van der Waals surface area contributed by atoms with Crippen LogP contribution in [0.1, 0.15) is 0 Å². The van der Waals surface area contributed by atoms with Crippen LogP contribution in [0, 0.1) is 5.41 Å². The molecule has 0 saturated carbocycles. The molecule has 2 aliphatic heterocycles. The maximum atomic E-state index is 12.6. The zero-order chi connectivity index (χ0) is 24.4. The number of halogens is 3. The summed E-state index contributed by atoms with van der Waals surface area (Å²) in [6.45, 7) is 0.818. The maximum absolute atomic E-state index is 12.6. The van der Waals surface area contributed by atoms with E-state index in [1.807, 2.05) is 19.0 Å². The summed E-state index contributed by atoms with van der Waals surface area (Å²) in [6.07, 6.45) is -0.893. The molecule has 1 aromatic heterocycles. The second-order valence-electron chi connectivity index (χ2n) is 7.84. The van der Waals surface area contributed by atoms with Gasteiger partial charge in [-0.1, -0.05) is 46.6 Å². The number of ether oxygens (including phenoxy) is 1. The first-order chi connectivity index (χ1) is 15.4. The minimum absolute atomic E-state index is 0.00642. The summed E-state index contributed by atoms with van der Waals surface area (Å²) in [6, 6.07) is -0.837. The van der Waals surface area contributed by atoms with E-state index in [4.69, 9.17) is 39.5 Å². The first-order valence-corrected chi connectivity index (χ1v) is 12.8. The number of carboxylic acids is 1. The normalized spacial score (nSPS) is 24.9. The molecule has 2 N–H and O–H groups in total. The molecule has 3 heterocycles. The molecule has 0 aliphatic carbocycles. The van der Waals surface area contributed by atoms with Gasteiger partial charge in [-0.05, 0) is 24.5 Å². The molecule has 0 spiro atoms. The van der Waals surface area contributed by atoms with Gasteiger partial charge in [-0.3, -0.25) is 9.59 Å². The van der Waals surface area contributed by atoms with Crippen molar-refractivity contribution in [2.45, 2.75) is 26.9 Å². The van der Waals surface area contributed by atoms with Gasteiger partial charge in [0.1, 0.15) is 23.4 Å². The topological polar surface area (TPSA) is 143 Å². The smallest absolute Gasteiger partial charge is 0.408 e. The number of alkyl carbamates (subject to hydrolysis) is 1. The fourth-order valence-corrected chi connectivity index (χ4v) is 6.09. The van der Waals surface area contributed by atoms with Crippen LogP contribution in [0.15, 0.2) is 5.16 Å². The highest BCUT2D eigenvalue weighted by molar-refractivity contribution is 8.00. The quantitative estimate of drug-likeness (QED) is 0.250. The lowest BCUT2D eigenvalue weighted by Crippen LogP contribution is -2.74. The zero-order valence-electron chi connectivity index (χ0n) is 17.6. The van der Waals surface area contributed by atoms with Crippen molar-refractivity contribution in [3.8, 4) is 0 Å². The molecular weight excluding hydrogens is 541 g/mol. The summed E-state index contributed by atoms with van der Waals surface area (Å²) in [5, 5.41) is 24.1. The lowest BCUT2D eigenvalue weighted by atomic mass is 9.89. The molecule has 184 valence electrons. The third kappa shape index (κ3) is 6.48. The number of aromatic nitrogens is 4. The van der Waals surface area contributed by atoms with Gasteiger partial charge in [0.15, 0.2) is 0 Å². The highest BCUT2D eigenvalue weighted by atomic mass is 35.6. The Balaban J connectivity index is 1.58. The van der Waals surface area contributed by atoms with Gasteiger partial charge in [0, 0.05) is 24.6 Å². The monoisotopic (exact) mass is 561 g/mol. The Hall–Kier alpha value is -1.19. The SMILES string of the molecule is CN(C)CCn1nnnc1SCC1(C(=O)O)CS[C@@H]2C(NC(=O)OCC(Cl)(Cl)Cl)C(=O)N2C1. The van der Waals surface area contributed by atoms with Crippen LogP contribution >= 0.6 is 58.3 Å². The molecule has 2 fully saturated rings. The molecule has 2 amide bonds. The summed E-state index contributed by atoms with van der Waals surface area (Å²) in [4.78, 5) is 40.1. The first kappa shape index (κ1) is 26.4. The summed E-state index contributed by atoms with van der Waals surface area (Å²) >= 11 is 19.1. The Morgan fingerprint density at radius 3 is 2.79 bits per heavy atom. The van der Waals surface area contributed by atoms with Crippen molar-refractivity contribution >= 4 is 76.3 Å². The van der Waals surface area contributed by atoms with Gasteiger partial charge >= 0.3 is 12.1 Å². The van der Waals surface area contributed by atoms with Crippen LogP contribution in [0.5, 0.6) is 0 Å². The number of fused-ring (bicyclic) bond motifs is 1. The number of β-lactam (4-membered cyclic amide) rings is 1. The van der Waals surface area contributed by atoms with E-state index in [9.17, 15) is 19.5 Å². The summed E-state index contributed by atoms with van der Waals surface area (Å²) in [5.74, 6) is -0.994. The minimum Gasteiger partial charge on any atom is -0.481 e. The summed E-state index contributed by atoms with van der Waals surface area (Å²) < 4.78 is 4.65. The number of carbonyl (C=O) groups is 3. The molecule has 33 heavy (non-hydrogen) atoms. The molecule has 0 radical (unpaired) electrons. The van der Waals surface area contributed by atoms with Gasteiger partial charge in [0.2, 0.25) is 14.9 Å². The van der Waals surface area contributed by atoms with Gasteiger partial charge in [-0.25, -0.2) is 9.48 Å². The molecule has 3 rings (SSSR count). The number of carbonyl (C=O) groups excluding carboxylic acids is 2. The number of likely N-dealkylation sites (N-methyl/N-ethyl adjacent to an activating group) is 1. The van der Waals surface area contributed by atoms with Crippen LogP contribution < -0.4 is 5.32 Å². The first-order valence-electron chi connectivity index (χ1n) is 9.61. The van der Waals surface area contributed by atoms with Crippen molar-refractivity contribution in [3.63, 3.8) is 0 Å². The largest absolute Gasteiger partial charge is 0.481 e. The maximum Gasteiger partial charge on any atom is 0.408 e. The lowest BCUT2D eigenvalue weighted by Gasteiger charge is -2.53. The Labute approximate surface area is 212 Å². The average molecular weight is 563 g/mol. The highest BCUT2D eigenvalue weighted by Gasteiger charge is 2.57. The second kappa shape index (κ2) is 10.6. The van der Waals surface area contributed by atoms with E-state index >= 15 is 0 Å². The Bertz CT molecular complexity index is 902. The number of hydrogen-bond acceptors (Lipinski definition) is 10. The number of tetrazole rings is 1. The van der Waals surface area contributed by atoms with E-state index in [0.717, 1.165) is 6.54 Å². The van der Waals surface area contributed by atoms with Crippen LogP contribution in [-0.4, -0.2) is 114 Å². The van der Waals surface area contributed by atoms with Crippen molar-refractivity contribution in [2.24, 2.45) is 5.41 Å². The van der Waals surface area contributed by atoms with E-state index in [-0.39, 0.29) is 18.1 Å². The summed E-state index contributed by atoms with van der Waals surface area (Å²) in [7, 11) is 3.86. The number of carboxylic acid groups (broad SMARTS) is 1. The van der Waals surface area contributed by atoms with Gasteiger partial charge < -0.3 is 25.0 Å².